The first-order valence-corrected chi connectivity index (χ1v) is 10.0. The molecule has 29 heavy (non-hydrogen) atoms. The van der Waals surface area contributed by atoms with Gasteiger partial charge < -0.3 is 30.3 Å². The Hall–Kier alpha value is -2.19. The second-order valence-electron chi connectivity index (χ2n) is 7.82. The number of halogens is 1. The SMILES string of the molecule is CC1CC(CN)CN1C(=O)[C@@H]1CCCN1C(=O)Nc1ccc2c(c1)OCCO2.Cl. The van der Waals surface area contributed by atoms with Crippen LogP contribution in [0.4, 0.5) is 10.5 Å². The number of urea groups is 1. The van der Waals surface area contributed by atoms with Crippen LogP contribution >= 0.6 is 12.4 Å². The van der Waals surface area contributed by atoms with Crippen molar-refractivity contribution in [1.29, 1.82) is 0 Å². The summed E-state index contributed by atoms with van der Waals surface area (Å²) in [5, 5.41) is 2.90. The Balaban J connectivity index is 0.00000240. The molecule has 3 amide bonds. The summed E-state index contributed by atoms with van der Waals surface area (Å²) in [4.78, 5) is 29.5. The molecular formula is C20H29ClN4O4. The quantitative estimate of drug-likeness (QED) is 0.774. The second kappa shape index (κ2) is 9.09. The zero-order chi connectivity index (χ0) is 19.7. The normalized spacial score (nSPS) is 25.5. The third-order valence-corrected chi connectivity index (χ3v) is 5.87. The van der Waals surface area contributed by atoms with Crippen LogP contribution < -0.4 is 20.5 Å². The van der Waals surface area contributed by atoms with Crippen LogP contribution in [0.15, 0.2) is 18.2 Å². The summed E-state index contributed by atoms with van der Waals surface area (Å²) < 4.78 is 11.1. The minimum absolute atomic E-state index is 0. The van der Waals surface area contributed by atoms with Crippen LogP contribution in [0.25, 0.3) is 0 Å². The van der Waals surface area contributed by atoms with Gasteiger partial charge >= 0.3 is 6.03 Å². The lowest BCUT2D eigenvalue weighted by molar-refractivity contribution is -0.135. The molecule has 2 saturated heterocycles. The predicted octanol–water partition coefficient (Wildman–Crippen LogP) is 2.07. The molecule has 3 heterocycles. The second-order valence-corrected chi connectivity index (χ2v) is 7.82. The molecule has 0 radical (unpaired) electrons. The van der Waals surface area contributed by atoms with Crippen LogP contribution in [0.1, 0.15) is 26.2 Å². The van der Waals surface area contributed by atoms with Crippen molar-refractivity contribution in [2.24, 2.45) is 11.7 Å². The Labute approximate surface area is 177 Å². The van der Waals surface area contributed by atoms with Crippen LogP contribution in [-0.4, -0.2) is 66.7 Å². The highest BCUT2D eigenvalue weighted by atomic mass is 35.5. The van der Waals surface area contributed by atoms with E-state index >= 15 is 0 Å². The fraction of sp³-hybridized carbons (Fsp3) is 0.600. The van der Waals surface area contributed by atoms with E-state index in [1.807, 2.05) is 4.90 Å². The smallest absolute Gasteiger partial charge is 0.322 e. The van der Waals surface area contributed by atoms with Gasteiger partial charge in [0.25, 0.3) is 0 Å². The van der Waals surface area contributed by atoms with E-state index < -0.39 is 6.04 Å². The molecule has 0 bridgehead atoms. The zero-order valence-electron chi connectivity index (χ0n) is 16.6. The molecule has 0 spiro atoms. The minimum Gasteiger partial charge on any atom is -0.486 e. The van der Waals surface area contributed by atoms with Crippen LogP contribution in [0.2, 0.25) is 0 Å². The molecule has 4 rings (SSSR count). The zero-order valence-corrected chi connectivity index (χ0v) is 17.5. The highest BCUT2D eigenvalue weighted by molar-refractivity contribution is 5.94. The molecule has 3 aliphatic rings. The molecule has 160 valence electrons. The average molecular weight is 425 g/mol. The van der Waals surface area contributed by atoms with E-state index in [2.05, 4.69) is 12.2 Å². The molecule has 0 aliphatic carbocycles. The molecule has 9 heteroatoms. The molecule has 2 fully saturated rings. The first-order chi connectivity index (χ1) is 13.6. The fourth-order valence-corrected chi connectivity index (χ4v) is 4.39. The van der Waals surface area contributed by atoms with Gasteiger partial charge in [-0.2, -0.15) is 0 Å². The third kappa shape index (κ3) is 4.38. The number of nitrogens with zero attached hydrogens (tertiary/aromatic N) is 2. The lowest BCUT2D eigenvalue weighted by Crippen LogP contribution is -2.50. The number of ether oxygens (including phenoxy) is 2. The van der Waals surface area contributed by atoms with E-state index in [0.717, 1.165) is 12.8 Å². The van der Waals surface area contributed by atoms with Gasteiger partial charge in [0.1, 0.15) is 19.3 Å². The highest BCUT2D eigenvalue weighted by Crippen LogP contribution is 2.33. The fourth-order valence-electron chi connectivity index (χ4n) is 4.39. The number of anilines is 1. The minimum atomic E-state index is -0.406. The van der Waals surface area contributed by atoms with E-state index in [9.17, 15) is 9.59 Å². The van der Waals surface area contributed by atoms with Crippen molar-refractivity contribution in [3.63, 3.8) is 0 Å². The number of hydrogen-bond donors (Lipinski definition) is 2. The molecule has 1 aromatic carbocycles. The molecule has 3 atom stereocenters. The van der Waals surface area contributed by atoms with Crippen molar-refractivity contribution in [2.75, 3.05) is 38.2 Å². The standard InChI is InChI=1S/C20H28N4O4.ClH/c1-13-9-14(11-21)12-24(13)19(25)16-3-2-6-23(16)20(26)22-15-4-5-17-18(10-15)28-8-7-27-17;/h4-5,10,13-14,16H,2-3,6-9,11-12,21H2,1H3,(H,22,26);1H/t13?,14?,16-;/m0./s1. The van der Waals surface area contributed by atoms with Gasteiger partial charge in [-0.25, -0.2) is 4.79 Å². The van der Waals surface area contributed by atoms with Crippen LogP contribution in [0.3, 0.4) is 0 Å². The first-order valence-electron chi connectivity index (χ1n) is 10.0. The number of hydrogen-bond acceptors (Lipinski definition) is 5. The van der Waals surface area contributed by atoms with Crippen molar-refractivity contribution < 1.29 is 19.1 Å². The van der Waals surface area contributed by atoms with Crippen molar-refractivity contribution in [2.45, 2.75) is 38.3 Å². The van der Waals surface area contributed by atoms with E-state index in [1.54, 1.807) is 23.1 Å². The monoisotopic (exact) mass is 424 g/mol. The van der Waals surface area contributed by atoms with Gasteiger partial charge in [-0.1, -0.05) is 0 Å². The molecule has 8 nitrogen and oxygen atoms in total. The highest BCUT2D eigenvalue weighted by Gasteiger charge is 2.41. The van der Waals surface area contributed by atoms with Gasteiger partial charge in [-0.15, -0.1) is 12.4 Å². The first kappa shape index (κ1) is 21.5. The molecule has 0 saturated carbocycles. The summed E-state index contributed by atoms with van der Waals surface area (Å²) >= 11 is 0. The number of carbonyl (C=O) groups excluding carboxylic acids is 2. The summed E-state index contributed by atoms with van der Waals surface area (Å²) in [6.45, 7) is 4.93. The maximum Gasteiger partial charge on any atom is 0.322 e. The van der Waals surface area contributed by atoms with Crippen LogP contribution in [0.5, 0.6) is 11.5 Å². The van der Waals surface area contributed by atoms with E-state index in [0.29, 0.717) is 62.4 Å². The number of amides is 3. The summed E-state index contributed by atoms with van der Waals surface area (Å²) in [6.07, 6.45) is 2.45. The van der Waals surface area contributed by atoms with Gasteiger partial charge in [-0.05, 0) is 50.8 Å². The lowest BCUT2D eigenvalue weighted by Gasteiger charge is -2.30. The van der Waals surface area contributed by atoms with Crippen molar-refractivity contribution in [1.82, 2.24) is 9.80 Å². The molecule has 3 N–H and O–H groups in total. The Morgan fingerprint density at radius 2 is 1.97 bits per heavy atom. The van der Waals surface area contributed by atoms with Crippen LogP contribution in [-0.2, 0) is 4.79 Å². The summed E-state index contributed by atoms with van der Waals surface area (Å²) in [7, 11) is 0. The maximum absolute atomic E-state index is 13.1. The molecular weight excluding hydrogens is 396 g/mol. The molecule has 0 aromatic heterocycles. The van der Waals surface area contributed by atoms with Gasteiger partial charge in [0.15, 0.2) is 11.5 Å². The molecule has 3 aliphatic heterocycles. The number of nitrogens with two attached hydrogens (primary N) is 1. The lowest BCUT2D eigenvalue weighted by atomic mass is 10.1. The number of rotatable bonds is 3. The Kier molecular flexibility index (Phi) is 6.74. The summed E-state index contributed by atoms with van der Waals surface area (Å²) in [5.74, 6) is 1.69. The molecule has 2 unspecified atom stereocenters. The maximum atomic E-state index is 13.1. The topological polar surface area (TPSA) is 97.1 Å². The van der Waals surface area contributed by atoms with Gasteiger partial charge in [0, 0.05) is 30.9 Å². The Morgan fingerprint density at radius 3 is 2.69 bits per heavy atom. The van der Waals surface area contributed by atoms with Gasteiger partial charge in [-0.3, -0.25) is 4.79 Å². The van der Waals surface area contributed by atoms with Crippen LogP contribution in [0, 0.1) is 5.92 Å². The Morgan fingerprint density at radius 1 is 1.21 bits per heavy atom. The largest absolute Gasteiger partial charge is 0.486 e. The van der Waals surface area contributed by atoms with E-state index in [4.69, 9.17) is 15.2 Å². The number of carbonyl (C=O) groups is 2. The number of likely N-dealkylation sites (tertiary alicyclic amines) is 2. The number of fused-ring (bicyclic) bond motifs is 1. The summed E-state index contributed by atoms with van der Waals surface area (Å²) in [5.41, 5.74) is 6.42. The average Bonchev–Trinajstić information content (AvgIpc) is 3.34. The predicted molar refractivity (Wildman–Crippen MR) is 112 cm³/mol. The van der Waals surface area contributed by atoms with E-state index in [1.165, 1.54) is 0 Å². The van der Waals surface area contributed by atoms with Crippen molar-refractivity contribution in [3.05, 3.63) is 18.2 Å². The third-order valence-electron chi connectivity index (χ3n) is 5.87. The number of benzene rings is 1. The van der Waals surface area contributed by atoms with Gasteiger partial charge in [0.05, 0.1) is 0 Å². The number of nitrogens with one attached hydrogen (secondary N) is 1. The van der Waals surface area contributed by atoms with E-state index in [-0.39, 0.29) is 30.4 Å². The molecule has 1 aromatic rings. The Bertz CT molecular complexity index is 762. The van der Waals surface area contributed by atoms with Gasteiger partial charge in [0.2, 0.25) is 5.91 Å². The van der Waals surface area contributed by atoms with Crippen molar-refractivity contribution in [3.8, 4) is 11.5 Å². The summed E-state index contributed by atoms with van der Waals surface area (Å²) in [6, 6.07) is 4.84. The van der Waals surface area contributed by atoms with Crippen molar-refractivity contribution >= 4 is 30.0 Å².